The highest BCUT2D eigenvalue weighted by atomic mass is 16.5. The van der Waals surface area contributed by atoms with Crippen LogP contribution in [-0.2, 0) is 4.74 Å². The van der Waals surface area contributed by atoms with E-state index in [0.29, 0.717) is 5.95 Å². The van der Waals surface area contributed by atoms with E-state index in [-0.39, 0.29) is 24.1 Å². The van der Waals surface area contributed by atoms with Crippen molar-refractivity contribution in [1.29, 1.82) is 0 Å². The second kappa shape index (κ2) is 6.67. The summed E-state index contributed by atoms with van der Waals surface area (Å²) in [6.45, 7) is 2.08. The molecule has 0 aliphatic heterocycles. The number of aromatic nitrogens is 3. The molecule has 2 aromatic rings. The molecule has 4 N–H and O–H groups in total. The lowest BCUT2D eigenvalue weighted by atomic mass is 10.2. The van der Waals surface area contributed by atoms with Gasteiger partial charge in [-0.15, -0.1) is 0 Å². The van der Waals surface area contributed by atoms with Crippen molar-refractivity contribution in [1.82, 2.24) is 15.0 Å². The van der Waals surface area contributed by atoms with Crippen molar-refractivity contribution in [3.8, 4) is 0 Å². The van der Waals surface area contributed by atoms with Crippen LogP contribution in [0.25, 0.3) is 6.08 Å². The van der Waals surface area contributed by atoms with Crippen molar-refractivity contribution in [3.05, 3.63) is 41.4 Å². The Bertz CT molecular complexity index is 640. The molecule has 1 heterocycles. The lowest BCUT2D eigenvalue weighted by molar-refractivity contribution is 0.185. The molecule has 0 aliphatic carbocycles. The largest absolute Gasteiger partial charge is 0.510 e. The number of anilines is 3. The molecule has 0 amide bonds. The number of hydrogen-bond donors (Lipinski definition) is 3. The Labute approximate surface area is 122 Å². The van der Waals surface area contributed by atoms with E-state index in [4.69, 9.17) is 10.5 Å². The molecule has 0 bridgehead atoms. The van der Waals surface area contributed by atoms with E-state index in [0.717, 1.165) is 11.3 Å². The SMILES string of the molecule is COCC(O)=Cc1nc(N)nc(Nc2ccc(C)cc2)n1. The minimum absolute atomic E-state index is 0.00406. The zero-order chi connectivity index (χ0) is 15.2. The Morgan fingerprint density at radius 1 is 1.29 bits per heavy atom. The van der Waals surface area contributed by atoms with Gasteiger partial charge in [-0.3, -0.25) is 0 Å². The van der Waals surface area contributed by atoms with Gasteiger partial charge in [0, 0.05) is 18.9 Å². The lowest BCUT2D eigenvalue weighted by Crippen LogP contribution is -2.05. The number of aliphatic hydroxyl groups is 1. The van der Waals surface area contributed by atoms with Crippen molar-refractivity contribution in [2.75, 3.05) is 24.8 Å². The third-order valence-corrected chi connectivity index (χ3v) is 2.57. The van der Waals surface area contributed by atoms with Crippen LogP contribution in [0.3, 0.4) is 0 Å². The second-order valence-electron chi connectivity index (χ2n) is 4.44. The number of aliphatic hydroxyl groups excluding tert-OH is 1. The normalized spacial score (nSPS) is 11.4. The topological polar surface area (TPSA) is 106 Å². The van der Waals surface area contributed by atoms with Crippen LogP contribution in [0, 0.1) is 6.92 Å². The Kier molecular flexibility index (Phi) is 4.68. The van der Waals surface area contributed by atoms with E-state index in [1.165, 1.54) is 13.2 Å². The molecule has 0 saturated carbocycles. The number of aryl methyl sites for hydroxylation is 1. The molecule has 1 aromatic heterocycles. The maximum Gasteiger partial charge on any atom is 0.232 e. The van der Waals surface area contributed by atoms with Crippen molar-refractivity contribution < 1.29 is 9.84 Å². The molecule has 7 heteroatoms. The number of nitrogens with two attached hydrogens (primary N) is 1. The van der Waals surface area contributed by atoms with E-state index >= 15 is 0 Å². The molecule has 1 aromatic carbocycles. The van der Waals surface area contributed by atoms with Gasteiger partial charge in [0.05, 0.1) is 0 Å². The number of benzene rings is 1. The molecule has 0 unspecified atom stereocenters. The first-order chi connectivity index (χ1) is 10.1. The molecule has 2 rings (SSSR count). The van der Waals surface area contributed by atoms with Crippen molar-refractivity contribution in [2.24, 2.45) is 0 Å². The molecular weight excluding hydrogens is 270 g/mol. The third-order valence-electron chi connectivity index (χ3n) is 2.57. The van der Waals surface area contributed by atoms with Gasteiger partial charge >= 0.3 is 0 Å². The average Bonchev–Trinajstić information content (AvgIpc) is 2.41. The smallest absolute Gasteiger partial charge is 0.232 e. The highest BCUT2D eigenvalue weighted by molar-refractivity contribution is 5.56. The van der Waals surface area contributed by atoms with E-state index < -0.39 is 0 Å². The number of rotatable bonds is 5. The zero-order valence-corrected chi connectivity index (χ0v) is 11.9. The van der Waals surface area contributed by atoms with Crippen LogP contribution in [0.1, 0.15) is 11.4 Å². The first kappa shape index (κ1) is 14.7. The van der Waals surface area contributed by atoms with Crippen LogP contribution in [-0.4, -0.2) is 33.8 Å². The summed E-state index contributed by atoms with van der Waals surface area (Å²) in [6.07, 6.45) is 1.38. The summed E-state index contributed by atoms with van der Waals surface area (Å²) >= 11 is 0. The molecular formula is C14H17N5O2. The summed E-state index contributed by atoms with van der Waals surface area (Å²) in [5.74, 6) is 0.634. The summed E-state index contributed by atoms with van der Waals surface area (Å²) in [6, 6.07) is 7.76. The van der Waals surface area contributed by atoms with Gasteiger partial charge in [0.2, 0.25) is 11.9 Å². The molecule has 0 saturated heterocycles. The van der Waals surface area contributed by atoms with Crippen LogP contribution in [0.15, 0.2) is 30.0 Å². The number of methoxy groups -OCH3 is 1. The fraction of sp³-hybridized carbons (Fsp3) is 0.214. The molecule has 0 aliphatic rings. The van der Waals surface area contributed by atoms with Gasteiger partial charge in [0.1, 0.15) is 12.4 Å². The monoisotopic (exact) mass is 287 g/mol. The minimum atomic E-state index is 0.00406. The van der Waals surface area contributed by atoms with Gasteiger partial charge in [-0.2, -0.15) is 15.0 Å². The molecule has 110 valence electrons. The first-order valence-corrected chi connectivity index (χ1v) is 6.30. The fourth-order valence-corrected chi connectivity index (χ4v) is 1.63. The van der Waals surface area contributed by atoms with Gasteiger partial charge in [0.15, 0.2) is 5.82 Å². The standard InChI is InChI=1S/C14H17N5O2/c1-9-3-5-10(6-4-9)16-14-18-12(17-13(15)19-14)7-11(20)8-21-2/h3-7,20H,8H2,1-2H3,(H3,15,16,17,18,19). The summed E-state index contributed by atoms with van der Waals surface area (Å²) in [7, 11) is 1.48. The Balaban J connectivity index is 2.22. The first-order valence-electron chi connectivity index (χ1n) is 6.30. The maximum absolute atomic E-state index is 9.58. The summed E-state index contributed by atoms with van der Waals surface area (Å²) < 4.78 is 4.81. The number of ether oxygens (including phenoxy) is 1. The van der Waals surface area contributed by atoms with Crippen LogP contribution < -0.4 is 11.1 Å². The molecule has 0 spiro atoms. The Morgan fingerprint density at radius 2 is 2.00 bits per heavy atom. The molecule has 7 nitrogen and oxygen atoms in total. The van der Waals surface area contributed by atoms with Crippen molar-refractivity contribution >= 4 is 23.7 Å². The van der Waals surface area contributed by atoms with E-state index in [9.17, 15) is 5.11 Å². The Hall–Kier alpha value is -2.67. The quantitative estimate of drug-likeness (QED) is 0.722. The number of nitrogen functional groups attached to an aromatic ring is 1. The highest BCUT2D eigenvalue weighted by Crippen LogP contribution is 2.14. The van der Waals surface area contributed by atoms with Gasteiger partial charge in [-0.1, -0.05) is 17.7 Å². The predicted molar refractivity (Wildman–Crippen MR) is 81.2 cm³/mol. The minimum Gasteiger partial charge on any atom is -0.510 e. The van der Waals surface area contributed by atoms with Gasteiger partial charge in [-0.05, 0) is 19.1 Å². The highest BCUT2D eigenvalue weighted by Gasteiger charge is 2.04. The van der Waals surface area contributed by atoms with E-state index in [1.54, 1.807) is 0 Å². The molecule has 21 heavy (non-hydrogen) atoms. The van der Waals surface area contributed by atoms with Gasteiger partial charge < -0.3 is 20.9 Å². The van der Waals surface area contributed by atoms with Crippen molar-refractivity contribution in [2.45, 2.75) is 6.92 Å². The summed E-state index contributed by atoms with van der Waals surface area (Å²) in [4.78, 5) is 12.1. The van der Waals surface area contributed by atoms with Crippen LogP contribution >= 0.6 is 0 Å². The third kappa shape index (κ3) is 4.43. The van der Waals surface area contributed by atoms with Crippen LogP contribution in [0.4, 0.5) is 17.6 Å². The number of nitrogens with zero attached hydrogens (tertiary/aromatic N) is 3. The lowest BCUT2D eigenvalue weighted by Gasteiger charge is -2.06. The zero-order valence-electron chi connectivity index (χ0n) is 11.9. The average molecular weight is 287 g/mol. The van der Waals surface area contributed by atoms with Gasteiger partial charge in [-0.25, -0.2) is 0 Å². The summed E-state index contributed by atoms with van der Waals surface area (Å²) in [5, 5.41) is 12.6. The van der Waals surface area contributed by atoms with E-state index in [1.807, 2.05) is 31.2 Å². The molecule has 0 radical (unpaired) electrons. The van der Waals surface area contributed by atoms with Crippen molar-refractivity contribution in [3.63, 3.8) is 0 Å². The van der Waals surface area contributed by atoms with E-state index in [2.05, 4.69) is 20.3 Å². The fourth-order valence-electron chi connectivity index (χ4n) is 1.63. The second-order valence-corrected chi connectivity index (χ2v) is 4.44. The Morgan fingerprint density at radius 3 is 2.67 bits per heavy atom. The predicted octanol–water partition coefficient (Wildman–Crippen LogP) is 2.05. The maximum atomic E-state index is 9.58. The molecule has 0 fully saturated rings. The summed E-state index contributed by atoms with van der Waals surface area (Å²) in [5.41, 5.74) is 7.63. The van der Waals surface area contributed by atoms with Gasteiger partial charge in [0.25, 0.3) is 0 Å². The van der Waals surface area contributed by atoms with Crippen LogP contribution in [0.5, 0.6) is 0 Å². The van der Waals surface area contributed by atoms with Crippen LogP contribution in [0.2, 0.25) is 0 Å². The molecule has 0 atom stereocenters. The number of nitrogens with one attached hydrogen (secondary N) is 1. The number of hydrogen-bond acceptors (Lipinski definition) is 7.